The Balaban J connectivity index is 1.91. The van der Waals surface area contributed by atoms with Crippen LogP contribution in [0.2, 0.25) is 0 Å². The van der Waals surface area contributed by atoms with Crippen molar-refractivity contribution in [3.63, 3.8) is 0 Å². The summed E-state index contributed by atoms with van der Waals surface area (Å²) < 4.78 is 0. The average molecular weight is 187 g/mol. The molecule has 1 aliphatic rings. The molecule has 0 heterocycles. The van der Waals surface area contributed by atoms with E-state index < -0.39 is 0 Å². The second-order valence-corrected chi connectivity index (χ2v) is 3.90. The number of nitrogens with one attached hydrogen (secondary N) is 1. The second-order valence-electron chi connectivity index (χ2n) is 3.90. The Bertz CT molecular complexity index is 307. The van der Waals surface area contributed by atoms with Crippen LogP contribution in [0.3, 0.4) is 0 Å². The standard InChI is InChI=1S/C13H17N/c1-2-3-11-4-6-12(7-5-11)10-14-13-8-9-13/h2-7,13-14H,8-10H2,1H3/b3-2+. The van der Waals surface area contributed by atoms with Gasteiger partial charge >= 0.3 is 0 Å². The second kappa shape index (κ2) is 4.43. The summed E-state index contributed by atoms with van der Waals surface area (Å²) in [7, 11) is 0. The first-order valence-electron chi connectivity index (χ1n) is 5.33. The zero-order valence-electron chi connectivity index (χ0n) is 8.66. The molecule has 0 bridgehead atoms. The van der Waals surface area contributed by atoms with Crippen LogP contribution >= 0.6 is 0 Å². The minimum absolute atomic E-state index is 0.796. The lowest BCUT2D eigenvalue weighted by Gasteiger charge is -2.02. The highest BCUT2D eigenvalue weighted by Crippen LogP contribution is 2.19. The van der Waals surface area contributed by atoms with Crippen molar-refractivity contribution in [3.8, 4) is 0 Å². The van der Waals surface area contributed by atoms with Gasteiger partial charge in [0, 0.05) is 12.6 Å². The Kier molecular flexibility index (Phi) is 3.00. The van der Waals surface area contributed by atoms with Gasteiger partial charge in [-0.05, 0) is 30.9 Å². The summed E-state index contributed by atoms with van der Waals surface area (Å²) in [6, 6.07) is 9.54. The topological polar surface area (TPSA) is 12.0 Å². The fraction of sp³-hybridized carbons (Fsp3) is 0.385. The fourth-order valence-electron chi connectivity index (χ4n) is 1.49. The Morgan fingerprint density at radius 2 is 2.00 bits per heavy atom. The molecule has 14 heavy (non-hydrogen) atoms. The molecule has 1 aromatic rings. The van der Waals surface area contributed by atoms with E-state index in [2.05, 4.69) is 41.7 Å². The van der Waals surface area contributed by atoms with Crippen LogP contribution in [0.5, 0.6) is 0 Å². The van der Waals surface area contributed by atoms with Gasteiger partial charge in [-0.15, -0.1) is 0 Å². The van der Waals surface area contributed by atoms with E-state index in [1.54, 1.807) is 0 Å². The maximum absolute atomic E-state index is 3.51. The molecule has 0 atom stereocenters. The lowest BCUT2D eigenvalue weighted by Crippen LogP contribution is -2.14. The molecule has 1 nitrogen and oxygen atoms in total. The van der Waals surface area contributed by atoms with Gasteiger partial charge in [-0.3, -0.25) is 0 Å². The van der Waals surface area contributed by atoms with E-state index in [4.69, 9.17) is 0 Å². The SMILES string of the molecule is C/C=C/c1ccc(CNC2CC2)cc1. The van der Waals surface area contributed by atoms with E-state index in [9.17, 15) is 0 Å². The first kappa shape index (κ1) is 9.47. The highest BCUT2D eigenvalue weighted by atomic mass is 14.9. The number of allylic oxidation sites excluding steroid dienone is 1. The van der Waals surface area contributed by atoms with Crippen LogP contribution in [0.25, 0.3) is 6.08 Å². The third kappa shape index (κ3) is 2.71. The first-order chi connectivity index (χ1) is 6.88. The zero-order valence-corrected chi connectivity index (χ0v) is 8.66. The third-order valence-corrected chi connectivity index (χ3v) is 2.51. The van der Waals surface area contributed by atoms with Gasteiger partial charge < -0.3 is 5.32 Å². The van der Waals surface area contributed by atoms with Gasteiger partial charge in [-0.2, -0.15) is 0 Å². The van der Waals surface area contributed by atoms with Gasteiger partial charge in [0.2, 0.25) is 0 Å². The molecule has 0 saturated heterocycles. The Hall–Kier alpha value is -1.08. The highest BCUT2D eigenvalue weighted by molar-refractivity contribution is 5.49. The quantitative estimate of drug-likeness (QED) is 0.764. The van der Waals surface area contributed by atoms with Gasteiger partial charge in [0.15, 0.2) is 0 Å². The van der Waals surface area contributed by atoms with Crippen LogP contribution in [-0.4, -0.2) is 6.04 Å². The maximum atomic E-state index is 3.51. The first-order valence-corrected chi connectivity index (χ1v) is 5.33. The Morgan fingerprint density at radius 3 is 2.57 bits per heavy atom. The van der Waals surface area contributed by atoms with E-state index in [0.29, 0.717) is 0 Å². The number of hydrogen-bond acceptors (Lipinski definition) is 1. The van der Waals surface area contributed by atoms with Crippen molar-refractivity contribution >= 4 is 6.08 Å². The van der Waals surface area contributed by atoms with Gasteiger partial charge in [0.1, 0.15) is 0 Å². The van der Waals surface area contributed by atoms with Crippen LogP contribution < -0.4 is 5.32 Å². The lowest BCUT2D eigenvalue weighted by atomic mass is 10.1. The van der Waals surface area contributed by atoms with E-state index in [1.165, 1.54) is 24.0 Å². The maximum Gasteiger partial charge on any atom is 0.0208 e. The summed E-state index contributed by atoms with van der Waals surface area (Å²) >= 11 is 0. The monoisotopic (exact) mass is 187 g/mol. The van der Waals surface area contributed by atoms with Crippen molar-refractivity contribution in [1.82, 2.24) is 5.32 Å². The van der Waals surface area contributed by atoms with Gasteiger partial charge in [0.05, 0.1) is 0 Å². The minimum atomic E-state index is 0.796. The van der Waals surface area contributed by atoms with Crippen molar-refractivity contribution in [2.45, 2.75) is 32.4 Å². The molecule has 2 rings (SSSR count). The molecular weight excluding hydrogens is 170 g/mol. The molecule has 74 valence electrons. The lowest BCUT2D eigenvalue weighted by molar-refractivity contribution is 0.688. The number of hydrogen-bond donors (Lipinski definition) is 1. The van der Waals surface area contributed by atoms with Crippen LogP contribution in [0.15, 0.2) is 30.3 Å². The smallest absolute Gasteiger partial charge is 0.0208 e. The molecule has 0 amide bonds. The van der Waals surface area contributed by atoms with Crippen molar-refractivity contribution < 1.29 is 0 Å². The van der Waals surface area contributed by atoms with Crippen LogP contribution in [-0.2, 0) is 6.54 Å². The van der Waals surface area contributed by atoms with Crippen molar-refractivity contribution in [2.75, 3.05) is 0 Å². The summed E-state index contributed by atoms with van der Waals surface area (Å²) in [5.41, 5.74) is 2.66. The molecule has 1 fully saturated rings. The molecule has 1 heteroatoms. The van der Waals surface area contributed by atoms with E-state index in [0.717, 1.165) is 12.6 Å². The average Bonchev–Trinajstić information content (AvgIpc) is 3.01. The molecule has 0 aliphatic heterocycles. The molecule has 0 spiro atoms. The predicted molar refractivity (Wildman–Crippen MR) is 61.0 cm³/mol. The third-order valence-electron chi connectivity index (χ3n) is 2.51. The summed E-state index contributed by atoms with van der Waals surface area (Å²) in [5, 5.41) is 3.51. The number of benzene rings is 1. The zero-order chi connectivity index (χ0) is 9.80. The van der Waals surface area contributed by atoms with Crippen molar-refractivity contribution in [3.05, 3.63) is 41.5 Å². The normalized spacial score (nSPS) is 16.4. The van der Waals surface area contributed by atoms with E-state index >= 15 is 0 Å². The molecular formula is C13H17N. The van der Waals surface area contributed by atoms with Gasteiger partial charge in [-0.1, -0.05) is 36.4 Å². The minimum Gasteiger partial charge on any atom is -0.310 e. The highest BCUT2D eigenvalue weighted by Gasteiger charge is 2.19. The van der Waals surface area contributed by atoms with Gasteiger partial charge in [0.25, 0.3) is 0 Å². The molecule has 1 saturated carbocycles. The van der Waals surface area contributed by atoms with Crippen LogP contribution in [0.4, 0.5) is 0 Å². The molecule has 0 radical (unpaired) electrons. The van der Waals surface area contributed by atoms with E-state index in [1.807, 2.05) is 6.92 Å². The largest absolute Gasteiger partial charge is 0.310 e. The molecule has 0 unspecified atom stereocenters. The molecule has 0 aromatic heterocycles. The summed E-state index contributed by atoms with van der Waals surface area (Å²) in [5.74, 6) is 0. The van der Waals surface area contributed by atoms with Crippen LogP contribution in [0.1, 0.15) is 30.9 Å². The Morgan fingerprint density at radius 1 is 1.29 bits per heavy atom. The van der Waals surface area contributed by atoms with E-state index in [-0.39, 0.29) is 0 Å². The molecule has 1 aliphatic carbocycles. The van der Waals surface area contributed by atoms with Crippen LogP contribution in [0, 0.1) is 0 Å². The summed E-state index contributed by atoms with van der Waals surface area (Å²) in [6.07, 6.45) is 6.91. The number of rotatable bonds is 4. The van der Waals surface area contributed by atoms with Crippen molar-refractivity contribution in [2.24, 2.45) is 0 Å². The Labute approximate surface area is 85.8 Å². The van der Waals surface area contributed by atoms with Crippen molar-refractivity contribution in [1.29, 1.82) is 0 Å². The summed E-state index contributed by atoms with van der Waals surface area (Å²) in [6.45, 7) is 3.06. The summed E-state index contributed by atoms with van der Waals surface area (Å²) in [4.78, 5) is 0. The molecule has 1 aromatic carbocycles. The predicted octanol–water partition coefficient (Wildman–Crippen LogP) is 2.97. The van der Waals surface area contributed by atoms with Gasteiger partial charge in [-0.25, -0.2) is 0 Å². The molecule has 1 N–H and O–H groups in total. The fourth-order valence-corrected chi connectivity index (χ4v) is 1.49.